The fraction of sp³-hybridized carbons (Fsp3) is 0.533. The molecule has 0 spiro atoms. The SMILES string of the molecule is COc1ccc2c(c1)C(C)N(C(=O)C(C)C)CC2. The van der Waals surface area contributed by atoms with Crippen LogP contribution in [0.15, 0.2) is 18.2 Å². The summed E-state index contributed by atoms with van der Waals surface area (Å²) in [4.78, 5) is 14.1. The van der Waals surface area contributed by atoms with Crippen molar-refractivity contribution < 1.29 is 9.53 Å². The third-order valence-corrected chi connectivity index (χ3v) is 3.67. The number of methoxy groups -OCH3 is 1. The van der Waals surface area contributed by atoms with Crippen molar-refractivity contribution in [3.8, 4) is 5.75 Å². The maximum Gasteiger partial charge on any atom is 0.225 e. The minimum atomic E-state index is 0.0552. The molecule has 1 amide bonds. The fourth-order valence-corrected chi connectivity index (χ4v) is 2.55. The first kappa shape index (κ1) is 12.9. The summed E-state index contributed by atoms with van der Waals surface area (Å²) >= 11 is 0. The Morgan fingerprint density at radius 2 is 2.17 bits per heavy atom. The van der Waals surface area contributed by atoms with Gasteiger partial charge in [-0.3, -0.25) is 4.79 Å². The minimum Gasteiger partial charge on any atom is -0.497 e. The van der Waals surface area contributed by atoms with Crippen molar-refractivity contribution >= 4 is 5.91 Å². The molecule has 0 saturated carbocycles. The number of ether oxygens (including phenoxy) is 1. The van der Waals surface area contributed by atoms with E-state index in [2.05, 4.69) is 19.1 Å². The van der Waals surface area contributed by atoms with Gasteiger partial charge in [0, 0.05) is 12.5 Å². The van der Waals surface area contributed by atoms with Crippen LogP contribution in [0.1, 0.15) is 37.9 Å². The molecule has 1 aliphatic rings. The lowest BCUT2D eigenvalue weighted by Gasteiger charge is -2.36. The number of carbonyl (C=O) groups excluding carboxylic acids is 1. The second kappa shape index (κ2) is 5.01. The molecule has 1 aliphatic heterocycles. The van der Waals surface area contributed by atoms with Crippen LogP contribution in [0.3, 0.4) is 0 Å². The van der Waals surface area contributed by atoms with E-state index in [1.165, 1.54) is 11.1 Å². The van der Waals surface area contributed by atoms with Crippen LogP contribution in [-0.4, -0.2) is 24.5 Å². The Kier molecular flexibility index (Phi) is 3.60. The molecule has 3 heteroatoms. The largest absolute Gasteiger partial charge is 0.497 e. The first-order valence-corrected chi connectivity index (χ1v) is 6.52. The number of benzene rings is 1. The maximum absolute atomic E-state index is 12.2. The third-order valence-electron chi connectivity index (χ3n) is 3.67. The summed E-state index contributed by atoms with van der Waals surface area (Å²) in [5.41, 5.74) is 2.55. The number of hydrogen-bond donors (Lipinski definition) is 0. The molecule has 1 unspecified atom stereocenters. The molecule has 0 aliphatic carbocycles. The summed E-state index contributed by atoms with van der Waals surface area (Å²) in [5.74, 6) is 1.15. The zero-order chi connectivity index (χ0) is 13.3. The number of nitrogens with zero attached hydrogens (tertiary/aromatic N) is 1. The molecule has 0 saturated heterocycles. The van der Waals surface area contributed by atoms with Gasteiger partial charge in [0.25, 0.3) is 0 Å². The summed E-state index contributed by atoms with van der Waals surface area (Å²) in [6.07, 6.45) is 0.933. The lowest BCUT2D eigenvalue weighted by Crippen LogP contribution is -2.40. The number of hydrogen-bond acceptors (Lipinski definition) is 2. The Hall–Kier alpha value is -1.51. The number of rotatable bonds is 2. The lowest BCUT2D eigenvalue weighted by atomic mass is 9.92. The van der Waals surface area contributed by atoms with Crippen molar-refractivity contribution in [2.45, 2.75) is 33.2 Å². The Morgan fingerprint density at radius 1 is 1.44 bits per heavy atom. The first-order valence-electron chi connectivity index (χ1n) is 6.52. The van der Waals surface area contributed by atoms with Gasteiger partial charge in [0.1, 0.15) is 5.75 Å². The van der Waals surface area contributed by atoms with Crippen molar-refractivity contribution in [1.82, 2.24) is 4.90 Å². The minimum absolute atomic E-state index is 0.0552. The molecule has 0 bridgehead atoms. The van der Waals surface area contributed by atoms with Crippen LogP contribution in [0.2, 0.25) is 0 Å². The van der Waals surface area contributed by atoms with E-state index >= 15 is 0 Å². The molecule has 0 radical (unpaired) electrons. The van der Waals surface area contributed by atoms with E-state index in [0.29, 0.717) is 0 Å². The van der Waals surface area contributed by atoms with Crippen molar-refractivity contribution in [3.05, 3.63) is 29.3 Å². The average molecular weight is 247 g/mol. The topological polar surface area (TPSA) is 29.5 Å². The molecule has 0 fully saturated rings. The summed E-state index contributed by atoms with van der Waals surface area (Å²) < 4.78 is 5.27. The van der Waals surface area contributed by atoms with E-state index in [0.717, 1.165) is 18.7 Å². The maximum atomic E-state index is 12.2. The van der Waals surface area contributed by atoms with Crippen molar-refractivity contribution in [2.24, 2.45) is 5.92 Å². The molecule has 3 nitrogen and oxygen atoms in total. The van der Waals surface area contributed by atoms with Crippen LogP contribution < -0.4 is 4.74 Å². The van der Waals surface area contributed by atoms with Crippen molar-refractivity contribution in [1.29, 1.82) is 0 Å². The number of fused-ring (bicyclic) bond motifs is 1. The van der Waals surface area contributed by atoms with Crippen LogP contribution in [-0.2, 0) is 11.2 Å². The molecule has 1 heterocycles. The Balaban J connectivity index is 2.31. The van der Waals surface area contributed by atoms with E-state index in [4.69, 9.17) is 4.74 Å². The smallest absolute Gasteiger partial charge is 0.225 e. The van der Waals surface area contributed by atoms with Crippen LogP contribution in [0, 0.1) is 5.92 Å². The van der Waals surface area contributed by atoms with Gasteiger partial charge >= 0.3 is 0 Å². The predicted octanol–water partition coefficient (Wildman–Crippen LogP) is 2.80. The lowest BCUT2D eigenvalue weighted by molar-refractivity contribution is -0.137. The summed E-state index contributed by atoms with van der Waals surface area (Å²) in [6.45, 7) is 6.82. The molecule has 0 aromatic heterocycles. The zero-order valence-corrected chi connectivity index (χ0v) is 11.6. The summed E-state index contributed by atoms with van der Waals surface area (Å²) in [6, 6.07) is 6.30. The van der Waals surface area contributed by atoms with Crippen molar-refractivity contribution in [2.75, 3.05) is 13.7 Å². The first-order chi connectivity index (χ1) is 8.54. The van der Waals surface area contributed by atoms with E-state index in [1.807, 2.05) is 24.8 Å². The molecule has 2 rings (SSSR count). The van der Waals surface area contributed by atoms with Gasteiger partial charge in [-0.25, -0.2) is 0 Å². The second-order valence-corrected chi connectivity index (χ2v) is 5.18. The molecule has 0 N–H and O–H groups in total. The van der Waals surface area contributed by atoms with E-state index in [1.54, 1.807) is 7.11 Å². The highest BCUT2D eigenvalue weighted by atomic mass is 16.5. The third kappa shape index (κ3) is 2.22. The molecule has 1 atom stereocenters. The van der Waals surface area contributed by atoms with Gasteiger partial charge in [-0.1, -0.05) is 19.9 Å². The van der Waals surface area contributed by atoms with Gasteiger partial charge < -0.3 is 9.64 Å². The van der Waals surface area contributed by atoms with Crippen LogP contribution in [0.4, 0.5) is 0 Å². The summed E-state index contributed by atoms with van der Waals surface area (Å²) in [5, 5.41) is 0. The molecule has 18 heavy (non-hydrogen) atoms. The Morgan fingerprint density at radius 3 is 2.78 bits per heavy atom. The van der Waals surface area contributed by atoms with Crippen molar-refractivity contribution in [3.63, 3.8) is 0 Å². The molecule has 98 valence electrons. The molecular weight excluding hydrogens is 226 g/mol. The monoisotopic (exact) mass is 247 g/mol. The Labute approximate surface area is 109 Å². The van der Waals surface area contributed by atoms with Crippen LogP contribution in [0.25, 0.3) is 0 Å². The number of amides is 1. The van der Waals surface area contributed by atoms with E-state index in [-0.39, 0.29) is 17.9 Å². The van der Waals surface area contributed by atoms with Crippen LogP contribution in [0.5, 0.6) is 5.75 Å². The van der Waals surface area contributed by atoms with Gasteiger partial charge in [-0.2, -0.15) is 0 Å². The highest BCUT2D eigenvalue weighted by molar-refractivity contribution is 5.79. The van der Waals surface area contributed by atoms with Crippen LogP contribution >= 0.6 is 0 Å². The highest BCUT2D eigenvalue weighted by Crippen LogP contribution is 2.32. The standard InChI is InChI=1S/C15H21NO2/c1-10(2)15(17)16-8-7-12-5-6-13(18-4)9-14(12)11(16)3/h5-6,9-11H,7-8H2,1-4H3. The van der Waals surface area contributed by atoms with Gasteiger partial charge in [-0.15, -0.1) is 0 Å². The molecular formula is C15H21NO2. The van der Waals surface area contributed by atoms with Gasteiger partial charge in [0.05, 0.1) is 13.2 Å². The predicted molar refractivity (Wildman–Crippen MR) is 71.7 cm³/mol. The normalized spacial score (nSPS) is 18.7. The molecule has 1 aromatic carbocycles. The summed E-state index contributed by atoms with van der Waals surface area (Å²) in [7, 11) is 1.67. The quantitative estimate of drug-likeness (QED) is 0.804. The Bertz CT molecular complexity index is 454. The van der Waals surface area contributed by atoms with E-state index < -0.39 is 0 Å². The van der Waals surface area contributed by atoms with Gasteiger partial charge in [0.2, 0.25) is 5.91 Å². The average Bonchev–Trinajstić information content (AvgIpc) is 2.38. The molecule has 1 aromatic rings. The van der Waals surface area contributed by atoms with Gasteiger partial charge in [0.15, 0.2) is 0 Å². The van der Waals surface area contributed by atoms with Gasteiger partial charge in [-0.05, 0) is 36.6 Å². The highest BCUT2D eigenvalue weighted by Gasteiger charge is 2.28. The fourth-order valence-electron chi connectivity index (χ4n) is 2.55. The van der Waals surface area contributed by atoms with E-state index in [9.17, 15) is 4.79 Å². The zero-order valence-electron chi connectivity index (χ0n) is 11.6. The second-order valence-electron chi connectivity index (χ2n) is 5.18. The number of carbonyl (C=O) groups is 1.